The van der Waals surface area contributed by atoms with Gasteiger partial charge >= 0.3 is 7.12 Å². The van der Waals surface area contributed by atoms with Gasteiger partial charge in [-0.1, -0.05) is 36.4 Å². The number of benzene rings is 2. The minimum Gasteiger partial charge on any atom is -0.494 e. The van der Waals surface area contributed by atoms with Crippen molar-refractivity contribution in [2.45, 2.75) is 13.8 Å². The van der Waals surface area contributed by atoms with E-state index in [1.807, 2.05) is 56.3 Å². The third-order valence-corrected chi connectivity index (χ3v) is 3.23. The lowest BCUT2D eigenvalue weighted by atomic mass is 9.80. The van der Waals surface area contributed by atoms with Gasteiger partial charge in [-0.15, -0.1) is 0 Å². The molecule has 0 saturated carbocycles. The molecular formula is C18H21BO4. The average molecular weight is 312 g/mol. The third kappa shape index (κ3) is 5.16. The first-order chi connectivity index (χ1) is 11.1. The second-order valence-corrected chi connectivity index (χ2v) is 4.98. The van der Waals surface area contributed by atoms with Crippen LogP contribution >= 0.6 is 0 Å². The Morgan fingerprint density at radius 3 is 1.83 bits per heavy atom. The summed E-state index contributed by atoms with van der Waals surface area (Å²) >= 11 is 0. The lowest BCUT2D eigenvalue weighted by Gasteiger charge is -2.09. The van der Waals surface area contributed by atoms with E-state index in [9.17, 15) is 0 Å². The molecule has 2 N–H and O–H groups in total. The fourth-order valence-electron chi connectivity index (χ4n) is 2.16. The molecule has 2 aromatic rings. The number of hydrogen-bond donors (Lipinski definition) is 2. The van der Waals surface area contributed by atoms with Gasteiger partial charge < -0.3 is 19.5 Å². The van der Waals surface area contributed by atoms with E-state index in [0.717, 1.165) is 22.6 Å². The minimum absolute atomic E-state index is 0.471. The van der Waals surface area contributed by atoms with E-state index >= 15 is 0 Å². The van der Waals surface area contributed by atoms with Crippen molar-refractivity contribution in [3.63, 3.8) is 0 Å². The van der Waals surface area contributed by atoms with E-state index < -0.39 is 7.12 Å². The van der Waals surface area contributed by atoms with Crippen LogP contribution in [0.15, 0.2) is 42.5 Å². The lowest BCUT2D eigenvalue weighted by molar-refractivity contribution is 0.323. The fraction of sp³-hybridized carbons (Fsp3) is 0.222. The molecule has 0 spiro atoms. The van der Waals surface area contributed by atoms with Gasteiger partial charge in [-0.25, -0.2) is 0 Å². The summed E-state index contributed by atoms with van der Waals surface area (Å²) in [6.07, 6.45) is 3.92. The van der Waals surface area contributed by atoms with Crippen LogP contribution in [0.5, 0.6) is 11.5 Å². The number of rotatable bonds is 7. The Kier molecular flexibility index (Phi) is 6.26. The molecule has 4 nitrogen and oxygen atoms in total. The van der Waals surface area contributed by atoms with Crippen LogP contribution in [0.2, 0.25) is 0 Å². The van der Waals surface area contributed by atoms with E-state index in [4.69, 9.17) is 19.5 Å². The maximum atomic E-state index is 9.09. The Bertz CT molecular complexity index is 626. The van der Waals surface area contributed by atoms with Gasteiger partial charge in [-0.2, -0.15) is 0 Å². The molecule has 0 heterocycles. The Morgan fingerprint density at radius 1 is 0.826 bits per heavy atom. The maximum absolute atomic E-state index is 9.09. The molecule has 0 aliphatic carbocycles. The number of hydrogen-bond acceptors (Lipinski definition) is 4. The highest BCUT2D eigenvalue weighted by atomic mass is 16.5. The molecular weight excluding hydrogens is 291 g/mol. The first-order valence-corrected chi connectivity index (χ1v) is 7.67. The van der Waals surface area contributed by atoms with Gasteiger partial charge in [0, 0.05) is 6.07 Å². The summed E-state index contributed by atoms with van der Waals surface area (Å²) in [5.74, 6) is 1.55. The molecule has 2 rings (SSSR count). The Balaban J connectivity index is 2.19. The van der Waals surface area contributed by atoms with Crippen LogP contribution in [0, 0.1) is 0 Å². The van der Waals surface area contributed by atoms with Crippen molar-refractivity contribution < 1.29 is 19.5 Å². The average Bonchev–Trinajstić information content (AvgIpc) is 2.54. The molecule has 0 saturated heterocycles. The zero-order valence-corrected chi connectivity index (χ0v) is 13.4. The largest absolute Gasteiger partial charge is 0.494 e. The van der Waals surface area contributed by atoms with Crippen molar-refractivity contribution in [3.8, 4) is 11.5 Å². The summed E-state index contributed by atoms with van der Waals surface area (Å²) in [5.41, 5.74) is 2.42. The van der Waals surface area contributed by atoms with Crippen LogP contribution in [-0.4, -0.2) is 30.4 Å². The van der Waals surface area contributed by atoms with E-state index in [0.29, 0.717) is 18.7 Å². The van der Waals surface area contributed by atoms with Gasteiger partial charge in [-0.05, 0) is 42.6 Å². The number of ether oxygens (including phenoxy) is 2. The normalized spacial score (nSPS) is 10.8. The van der Waals surface area contributed by atoms with Crippen molar-refractivity contribution in [2.75, 3.05) is 13.2 Å². The standard InChI is InChI=1S/C18H21BO4/c1-3-22-17-11-15(12-18(13-17)23-4-2)6-5-14-7-9-16(10-8-14)19(20)21/h5-13,20-21H,3-4H2,1-2H3/b6-5+. The molecule has 23 heavy (non-hydrogen) atoms. The second-order valence-electron chi connectivity index (χ2n) is 4.98. The smallest absolute Gasteiger partial charge is 0.488 e. The molecule has 120 valence electrons. The predicted octanol–water partition coefficient (Wildman–Crippen LogP) is 2.33. The molecule has 0 bridgehead atoms. The topological polar surface area (TPSA) is 58.9 Å². The molecule has 0 fully saturated rings. The Hall–Kier alpha value is -2.24. The van der Waals surface area contributed by atoms with Crippen molar-refractivity contribution in [1.82, 2.24) is 0 Å². The van der Waals surface area contributed by atoms with Crippen LogP contribution in [0.3, 0.4) is 0 Å². The van der Waals surface area contributed by atoms with Crippen molar-refractivity contribution >= 4 is 24.7 Å². The summed E-state index contributed by atoms with van der Waals surface area (Å²) in [5, 5.41) is 18.2. The van der Waals surface area contributed by atoms with Gasteiger partial charge in [0.25, 0.3) is 0 Å². The SMILES string of the molecule is CCOc1cc(/C=C/c2ccc(B(O)O)cc2)cc(OCC)c1. The van der Waals surface area contributed by atoms with Gasteiger partial charge in [-0.3, -0.25) is 0 Å². The minimum atomic E-state index is -1.44. The molecule has 0 aliphatic heterocycles. The zero-order chi connectivity index (χ0) is 16.7. The Morgan fingerprint density at radius 2 is 1.35 bits per heavy atom. The van der Waals surface area contributed by atoms with Crippen molar-refractivity contribution in [2.24, 2.45) is 0 Å². The van der Waals surface area contributed by atoms with E-state index in [2.05, 4.69) is 0 Å². The van der Waals surface area contributed by atoms with Gasteiger partial charge in [0.2, 0.25) is 0 Å². The second kappa shape index (κ2) is 8.41. The summed E-state index contributed by atoms with van der Waals surface area (Å²) in [6, 6.07) is 12.8. The maximum Gasteiger partial charge on any atom is 0.488 e. The fourth-order valence-corrected chi connectivity index (χ4v) is 2.16. The summed E-state index contributed by atoms with van der Waals surface area (Å²) < 4.78 is 11.1. The van der Waals surface area contributed by atoms with Crippen LogP contribution in [0.1, 0.15) is 25.0 Å². The first-order valence-electron chi connectivity index (χ1n) is 7.67. The van der Waals surface area contributed by atoms with E-state index in [1.165, 1.54) is 0 Å². The summed E-state index contributed by atoms with van der Waals surface area (Å²) in [6.45, 7) is 5.09. The summed E-state index contributed by atoms with van der Waals surface area (Å²) in [7, 11) is -1.44. The molecule has 0 aromatic heterocycles. The monoisotopic (exact) mass is 312 g/mol. The van der Waals surface area contributed by atoms with Crippen LogP contribution < -0.4 is 14.9 Å². The van der Waals surface area contributed by atoms with Crippen molar-refractivity contribution in [3.05, 3.63) is 53.6 Å². The van der Waals surface area contributed by atoms with Crippen LogP contribution in [0.25, 0.3) is 12.2 Å². The van der Waals surface area contributed by atoms with Crippen LogP contribution in [-0.2, 0) is 0 Å². The molecule has 0 amide bonds. The molecule has 0 atom stereocenters. The van der Waals surface area contributed by atoms with E-state index in [1.54, 1.807) is 12.1 Å². The Labute approximate surface area is 137 Å². The highest BCUT2D eigenvalue weighted by molar-refractivity contribution is 6.58. The highest BCUT2D eigenvalue weighted by Crippen LogP contribution is 2.24. The summed E-state index contributed by atoms with van der Waals surface area (Å²) in [4.78, 5) is 0. The van der Waals surface area contributed by atoms with E-state index in [-0.39, 0.29) is 0 Å². The lowest BCUT2D eigenvalue weighted by Crippen LogP contribution is -2.29. The molecule has 0 unspecified atom stereocenters. The predicted molar refractivity (Wildman–Crippen MR) is 94.0 cm³/mol. The van der Waals surface area contributed by atoms with Gasteiger partial charge in [0.15, 0.2) is 0 Å². The van der Waals surface area contributed by atoms with Crippen molar-refractivity contribution in [1.29, 1.82) is 0 Å². The molecule has 0 radical (unpaired) electrons. The third-order valence-electron chi connectivity index (χ3n) is 3.23. The molecule has 5 heteroatoms. The first kappa shape index (κ1) is 17.1. The quantitative estimate of drug-likeness (QED) is 0.608. The zero-order valence-electron chi connectivity index (χ0n) is 13.4. The molecule has 0 aliphatic rings. The molecule has 2 aromatic carbocycles. The van der Waals surface area contributed by atoms with Gasteiger partial charge in [0.1, 0.15) is 11.5 Å². The van der Waals surface area contributed by atoms with Gasteiger partial charge in [0.05, 0.1) is 13.2 Å². The van der Waals surface area contributed by atoms with Crippen LogP contribution in [0.4, 0.5) is 0 Å². The highest BCUT2D eigenvalue weighted by Gasteiger charge is 2.09.